The summed E-state index contributed by atoms with van der Waals surface area (Å²) < 4.78 is 1.98. The third-order valence-corrected chi connectivity index (χ3v) is 3.64. The Morgan fingerprint density at radius 1 is 1.24 bits per heavy atom. The third kappa shape index (κ3) is 4.93. The van der Waals surface area contributed by atoms with Gasteiger partial charge in [-0.2, -0.15) is 5.10 Å². The molecular formula is C16H25N5. The highest BCUT2D eigenvalue weighted by Crippen LogP contribution is 2.08. The molecule has 1 unspecified atom stereocenters. The molecule has 2 rings (SSSR count). The van der Waals surface area contributed by atoms with Crippen LogP contribution in [0.25, 0.3) is 0 Å². The fourth-order valence-electron chi connectivity index (χ4n) is 2.45. The van der Waals surface area contributed by atoms with Crippen LogP contribution >= 0.6 is 0 Å². The number of pyridine rings is 1. The summed E-state index contributed by atoms with van der Waals surface area (Å²) in [5.74, 6) is 1.07. The average Bonchev–Trinajstić information content (AvgIpc) is 2.98. The Labute approximate surface area is 126 Å². The maximum atomic E-state index is 4.39. The van der Waals surface area contributed by atoms with Gasteiger partial charge in [0.05, 0.1) is 0 Å². The number of nitrogens with zero attached hydrogens (tertiary/aromatic N) is 4. The fraction of sp³-hybridized carbons (Fsp3) is 0.562. The molecule has 0 radical (unpaired) electrons. The Bertz CT molecular complexity index is 508. The van der Waals surface area contributed by atoms with Gasteiger partial charge in [-0.05, 0) is 50.4 Å². The first-order chi connectivity index (χ1) is 10.3. The van der Waals surface area contributed by atoms with Crippen LogP contribution in [-0.2, 0) is 19.4 Å². The van der Waals surface area contributed by atoms with Crippen molar-refractivity contribution in [1.82, 2.24) is 25.1 Å². The predicted octanol–water partition coefficient (Wildman–Crippen LogP) is 2.24. The SMILES string of the molecule is CCCNC(CCc1ccncc1)Cc1ncnn1CC. The number of aryl methyl sites for hydroxylation is 2. The Balaban J connectivity index is 1.94. The van der Waals surface area contributed by atoms with Gasteiger partial charge < -0.3 is 5.32 Å². The topological polar surface area (TPSA) is 55.6 Å². The molecule has 2 aromatic heterocycles. The zero-order valence-electron chi connectivity index (χ0n) is 13.0. The molecule has 0 aliphatic carbocycles. The molecule has 2 aromatic rings. The fourth-order valence-corrected chi connectivity index (χ4v) is 2.45. The Kier molecular flexibility index (Phi) is 6.34. The molecule has 0 aliphatic rings. The Morgan fingerprint density at radius 2 is 2.05 bits per heavy atom. The van der Waals surface area contributed by atoms with E-state index in [1.807, 2.05) is 17.1 Å². The van der Waals surface area contributed by atoms with Gasteiger partial charge in [-0.15, -0.1) is 0 Å². The minimum absolute atomic E-state index is 0.438. The lowest BCUT2D eigenvalue weighted by molar-refractivity contribution is 0.456. The highest BCUT2D eigenvalue weighted by molar-refractivity contribution is 5.10. The second kappa shape index (κ2) is 8.52. The molecular weight excluding hydrogens is 262 g/mol. The number of hydrogen-bond acceptors (Lipinski definition) is 4. The summed E-state index contributed by atoms with van der Waals surface area (Å²) in [6.45, 7) is 6.21. The first kappa shape index (κ1) is 15.6. The number of hydrogen-bond donors (Lipinski definition) is 1. The molecule has 5 nitrogen and oxygen atoms in total. The molecule has 0 aliphatic heterocycles. The summed E-state index contributed by atoms with van der Waals surface area (Å²) >= 11 is 0. The zero-order valence-corrected chi connectivity index (χ0v) is 13.0. The molecule has 2 heterocycles. The molecule has 1 atom stereocenters. The van der Waals surface area contributed by atoms with Crippen molar-refractivity contribution in [1.29, 1.82) is 0 Å². The number of aromatic nitrogens is 4. The highest BCUT2D eigenvalue weighted by atomic mass is 15.3. The van der Waals surface area contributed by atoms with E-state index in [9.17, 15) is 0 Å². The summed E-state index contributed by atoms with van der Waals surface area (Å²) in [6, 6.07) is 4.62. The van der Waals surface area contributed by atoms with Gasteiger partial charge in [-0.3, -0.25) is 9.67 Å². The molecule has 0 spiro atoms. The standard InChI is InChI=1S/C16H25N5/c1-3-9-18-15(6-5-14-7-10-17-11-8-14)12-16-19-13-20-21(16)4-2/h7-8,10-11,13,15,18H,3-6,9,12H2,1-2H3. The van der Waals surface area contributed by atoms with Crippen LogP contribution in [0.5, 0.6) is 0 Å². The van der Waals surface area contributed by atoms with E-state index in [2.05, 4.69) is 46.4 Å². The van der Waals surface area contributed by atoms with E-state index in [0.29, 0.717) is 6.04 Å². The van der Waals surface area contributed by atoms with Gasteiger partial charge in [0.1, 0.15) is 12.2 Å². The quantitative estimate of drug-likeness (QED) is 0.768. The molecule has 0 saturated carbocycles. The van der Waals surface area contributed by atoms with Gasteiger partial charge in [0.2, 0.25) is 0 Å². The lowest BCUT2D eigenvalue weighted by Gasteiger charge is -2.18. The minimum Gasteiger partial charge on any atom is -0.314 e. The van der Waals surface area contributed by atoms with Crippen LogP contribution in [0.1, 0.15) is 38.1 Å². The van der Waals surface area contributed by atoms with Gasteiger partial charge in [-0.1, -0.05) is 6.92 Å². The van der Waals surface area contributed by atoms with Crippen LogP contribution in [0.3, 0.4) is 0 Å². The molecule has 0 fully saturated rings. The summed E-state index contributed by atoms with van der Waals surface area (Å²) in [5.41, 5.74) is 1.34. The maximum absolute atomic E-state index is 4.39. The first-order valence-electron chi connectivity index (χ1n) is 7.82. The van der Waals surface area contributed by atoms with Gasteiger partial charge >= 0.3 is 0 Å². The second-order valence-corrected chi connectivity index (χ2v) is 5.24. The summed E-state index contributed by atoms with van der Waals surface area (Å²) in [6.07, 6.45) is 9.60. The van der Waals surface area contributed by atoms with Crippen molar-refractivity contribution in [3.63, 3.8) is 0 Å². The van der Waals surface area contributed by atoms with E-state index in [1.165, 1.54) is 5.56 Å². The third-order valence-electron chi connectivity index (χ3n) is 3.64. The molecule has 21 heavy (non-hydrogen) atoms. The van der Waals surface area contributed by atoms with E-state index in [-0.39, 0.29) is 0 Å². The van der Waals surface area contributed by atoms with Gasteiger partial charge in [0, 0.05) is 31.4 Å². The van der Waals surface area contributed by atoms with Crippen molar-refractivity contribution in [2.75, 3.05) is 6.54 Å². The smallest absolute Gasteiger partial charge is 0.138 e. The van der Waals surface area contributed by atoms with Crippen molar-refractivity contribution >= 4 is 0 Å². The van der Waals surface area contributed by atoms with Crippen LogP contribution in [-0.4, -0.2) is 32.3 Å². The number of rotatable bonds is 9. The summed E-state index contributed by atoms with van der Waals surface area (Å²) in [4.78, 5) is 8.46. The van der Waals surface area contributed by atoms with Gasteiger partial charge in [0.15, 0.2) is 0 Å². The largest absolute Gasteiger partial charge is 0.314 e. The van der Waals surface area contributed by atoms with Crippen LogP contribution in [0.15, 0.2) is 30.9 Å². The lowest BCUT2D eigenvalue weighted by Crippen LogP contribution is -2.33. The molecule has 0 amide bonds. The van der Waals surface area contributed by atoms with E-state index in [1.54, 1.807) is 6.33 Å². The van der Waals surface area contributed by atoms with Crippen molar-refractivity contribution in [3.05, 3.63) is 42.2 Å². The second-order valence-electron chi connectivity index (χ2n) is 5.24. The van der Waals surface area contributed by atoms with Crippen LogP contribution in [0.4, 0.5) is 0 Å². The van der Waals surface area contributed by atoms with E-state index < -0.39 is 0 Å². The summed E-state index contributed by atoms with van der Waals surface area (Å²) in [5, 5.41) is 7.89. The van der Waals surface area contributed by atoms with E-state index >= 15 is 0 Å². The van der Waals surface area contributed by atoms with E-state index in [4.69, 9.17) is 0 Å². The highest BCUT2D eigenvalue weighted by Gasteiger charge is 2.13. The monoisotopic (exact) mass is 287 g/mol. The number of nitrogens with one attached hydrogen (secondary N) is 1. The van der Waals surface area contributed by atoms with Gasteiger partial charge in [0.25, 0.3) is 0 Å². The normalized spacial score (nSPS) is 12.5. The lowest BCUT2D eigenvalue weighted by atomic mass is 10.0. The summed E-state index contributed by atoms with van der Waals surface area (Å²) in [7, 11) is 0. The van der Waals surface area contributed by atoms with Crippen LogP contribution in [0, 0.1) is 0 Å². The molecule has 114 valence electrons. The van der Waals surface area contributed by atoms with Crippen molar-refractivity contribution in [3.8, 4) is 0 Å². The molecule has 0 saturated heterocycles. The van der Waals surface area contributed by atoms with Crippen LogP contribution in [0.2, 0.25) is 0 Å². The zero-order chi connectivity index (χ0) is 14.9. The Morgan fingerprint density at radius 3 is 2.76 bits per heavy atom. The van der Waals surface area contributed by atoms with Crippen molar-refractivity contribution < 1.29 is 0 Å². The van der Waals surface area contributed by atoms with Crippen molar-refractivity contribution in [2.24, 2.45) is 0 Å². The van der Waals surface area contributed by atoms with Gasteiger partial charge in [-0.25, -0.2) is 4.98 Å². The van der Waals surface area contributed by atoms with Crippen LogP contribution < -0.4 is 5.32 Å². The van der Waals surface area contributed by atoms with Crippen molar-refractivity contribution in [2.45, 2.75) is 52.1 Å². The van der Waals surface area contributed by atoms with E-state index in [0.717, 1.165) is 44.6 Å². The molecule has 0 aromatic carbocycles. The first-order valence-corrected chi connectivity index (χ1v) is 7.82. The molecule has 5 heteroatoms. The minimum atomic E-state index is 0.438. The average molecular weight is 287 g/mol. The molecule has 1 N–H and O–H groups in total. The maximum Gasteiger partial charge on any atom is 0.138 e. The molecule has 0 bridgehead atoms. The Hall–Kier alpha value is -1.75. The predicted molar refractivity (Wildman–Crippen MR) is 84.0 cm³/mol.